The van der Waals surface area contributed by atoms with Gasteiger partial charge in [-0.05, 0) is 18.2 Å². The fraction of sp³-hybridized carbons (Fsp3) is 0.308. The highest BCUT2D eigenvalue weighted by Crippen LogP contribution is 2.28. The Balaban J connectivity index is 3.05. The maximum Gasteiger partial charge on any atom is 0.384 e. The van der Waals surface area contributed by atoms with Crippen LogP contribution in [0, 0.1) is 11.8 Å². The number of aliphatic hydroxyl groups is 1. The minimum atomic E-state index is -1.16. The van der Waals surface area contributed by atoms with E-state index in [1.165, 1.54) is 21.3 Å². The minimum Gasteiger partial charge on any atom is -0.497 e. The Hall–Kier alpha value is -2.19. The smallest absolute Gasteiger partial charge is 0.384 e. The lowest BCUT2D eigenvalue weighted by atomic mass is 10.1. The molecule has 0 heterocycles. The number of hydrogen-bond donors (Lipinski definition) is 1. The molecule has 1 aromatic rings. The van der Waals surface area contributed by atoms with Crippen molar-refractivity contribution in [3.8, 4) is 23.3 Å². The quantitative estimate of drug-likeness (QED) is 0.491. The summed E-state index contributed by atoms with van der Waals surface area (Å²) >= 11 is 0. The lowest BCUT2D eigenvalue weighted by Crippen LogP contribution is -2.01. The fourth-order valence-electron chi connectivity index (χ4n) is 1.31. The van der Waals surface area contributed by atoms with Crippen LogP contribution in [0.1, 0.15) is 11.7 Å². The van der Waals surface area contributed by atoms with Gasteiger partial charge < -0.3 is 19.3 Å². The Morgan fingerprint density at radius 2 is 2.00 bits per heavy atom. The second-order valence-electron chi connectivity index (χ2n) is 3.27. The summed E-state index contributed by atoms with van der Waals surface area (Å²) < 4.78 is 14.5. The summed E-state index contributed by atoms with van der Waals surface area (Å²) in [5, 5.41) is 9.88. The molecule has 0 aliphatic rings. The SMILES string of the molecule is COC(=O)C#CC(O)c1cc(OC)ccc1OC. The summed E-state index contributed by atoms with van der Waals surface area (Å²) in [6.45, 7) is 0. The third-order valence-electron chi connectivity index (χ3n) is 2.23. The van der Waals surface area contributed by atoms with Gasteiger partial charge in [0.1, 0.15) is 17.6 Å². The van der Waals surface area contributed by atoms with Crippen molar-refractivity contribution in [2.45, 2.75) is 6.10 Å². The Morgan fingerprint density at radius 1 is 1.28 bits per heavy atom. The number of benzene rings is 1. The van der Waals surface area contributed by atoms with Crippen molar-refractivity contribution in [1.29, 1.82) is 0 Å². The van der Waals surface area contributed by atoms with E-state index in [1.54, 1.807) is 18.2 Å². The second kappa shape index (κ2) is 6.52. The molecular weight excluding hydrogens is 236 g/mol. The largest absolute Gasteiger partial charge is 0.497 e. The van der Waals surface area contributed by atoms with E-state index in [-0.39, 0.29) is 0 Å². The highest BCUT2D eigenvalue weighted by Gasteiger charge is 2.12. The van der Waals surface area contributed by atoms with Gasteiger partial charge in [-0.15, -0.1) is 0 Å². The van der Waals surface area contributed by atoms with Crippen molar-refractivity contribution >= 4 is 5.97 Å². The second-order valence-corrected chi connectivity index (χ2v) is 3.27. The van der Waals surface area contributed by atoms with Gasteiger partial charge in [0.2, 0.25) is 0 Å². The van der Waals surface area contributed by atoms with Crippen molar-refractivity contribution in [3.63, 3.8) is 0 Å². The van der Waals surface area contributed by atoms with Crippen molar-refractivity contribution in [2.75, 3.05) is 21.3 Å². The molecule has 96 valence electrons. The van der Waals surface area contributed by atoms with Crippen LogP contribution in [0.4, 0.5) is 0 Å². The van der Waals surface area contributed by atoms with Crippen molar-refractivity contribution in [3.05, 3.63) is 23.8 Å². The van der Waals surface area contributed by atoms with Crippen LogP contribution in [0.5, 0.6) is 11.5 Å². The first-order chi connectivity index (χ1) is 8.62. The van der Waals surface area contributed by atoms with Crippen LogP contribution in [0.25, 0.3) is 0 Å². The summed E-state index contributed by atoms with van der Waals surface area (Å²) in [6, 6.07) is 4.94. The molecule has 0 fully saturated rings. The molecule has 1 aromatic carbocycles. The van der Waals surface area contributed by atoms with Gasteiger partial charge in [0.25, 0.3) is 0 Å². The first kappa shape index (κ1) is 13.9. The topological polar surface area (TPSA) is 65.0 Å². The van der Waals surface area contributed by atoms with Crippen molar-refractivity contribution < 1.29 is 24.1 Å². The maximum absolute atomic E-state index is 10.9. The summed E-state index contributed by atoms with van der Waals surface area (Å²) in [4.78, 5) is 10.9. The van der Waals surface area contributed by atoms with Gasteiger partial charge in [0, 0.05) is 11.5 Å². The monoisotopic (exact) mass is 250 g/mol. The molecule has 0 amide bonds. The molecule has 1 rings (SSSR count). The molecule has 18 heavy (non-hydrogen) atoms. The van der Waals surface area contributed by atoms with Gasteiger partial charge >= 0.3 is 5.97 Å². The molecule has 0 saturated heterocycles. The van der Waals surface area contributed by atoms with E-state index >= 15 is 0 Å². The number of ether oxygens (including phenoxy) is 3. The number of esters is 1. The maximum atomic E-state index is 10.9. The number of methoxy groups -OCH3 is 3. The summed E-state index contributed by atoms with van der Waals surface area (Å²) in [6.07, 6.45) is -1.16. The molecule has 0 radical (unpaired) electrons. The number of rotatable bonds is 3. The summed E-state index contributed by atoms with van der Waals surface area (Å²) in [5.41, 5.74) is 0.424. The minimum absolute atomic E-state index is 0.424. The van der Waals surface area contributed by atoms with Gasteiger partial charge in [0.05, 0.1) is 21.3 Å². The van der Waals surface area contributed by atoms with Crippen LogP contribution < -0.4 is 9.47 Å². The number of hydrogen-bond acceptors (Lipinski definition) is 5. The Labute approximate surface area is 105 Å². The van der Waals surface area contributed by atoms with Gasteiger partial charge in [0.15, 0.2) is 0 Å². The van der Waals surface area contributed by atoms with Gasteiger partial charge in [-0.1, -0.05) is 5.92 Å². The molecule has 0 aliphatic heterocycles. The zero-order valence-corrected chi connectivity index (χ0v) is 10.4. The van der Waals surface area contributed by atoms with Crippen LogP contribution >= 0.6 is 0 Å². The molecule has 0 spiro atoms. The standard InChI is InChI=1S/C13H14O5/c1-16-9-4-6-12(17-2)10(8-9)11(14)5-7-13(15)18-3/h4,6,8,11,14H,1-3H3. The van der Waals surface area contributed by atoms with Gasteiger partial charge in [-0.25, -0.2) is 4.79 Å². The third-order valence-corrected chi connectivity index (χ3v) is 2.23. The van der Waals surface area contributed by atoms with E-state index in [0.29, 0.717) is 17.1 Å². The molecular formula is C13H14O5. The van der Waals surface area contributed by atoms with Crippen molar-refractivity contribution in [1.82, 2.24) is 0 Å². The molecule has 0 saturated carbocycles. The number of carbonyl (C=O) groups excluding carboxylic acids is 1. The predicted molar refractivity (Wildman–Crippen MR) is 64.3 cm³/mol. The Morgan fingerprint density at radius 3 is 2.56 bits per heavy atom. The molecule has 5 heteroatoms. The molecule has 0 bridgehead atoms. The normalized spacial score (nSPS) is 10.9. The van der Waals surface area contributed by atoms with Crippen LogP contribution in [-0.4, -0.2) is 32.4 Å². The average molecular weight is 250 g/mol. The molecule has 1 N–H and O–H groups in total. The van der Waals surface area contributed by atoms with E-state index in [0.717, 1.165) is 0 Å². The van der Waals surface area contributed by atoms with E-state index in [4.69, 9.17) is 9.47 Å². The Bertz CT molecular complexity index is 484. The zero-order chi connectivity index (χ0) is 13.5. The first-order valence-corrected chi connectivity index (χ1v) is 5.11. The van der Waals surface area contributed by atoms with E-state index < -0.39 is 12.1 Å². The van der Waals surface area contributed by atoms with E-state index in [9.17, 15) is 9.90 Å². The van der Waals surface area contributed by atoms with E-state index in [2.05, 4.69) is 16.6 Å². The first-order valence-electron chi connectivity index (χ1n) is 5.11. The lowest BCUT2D eigenvalue weighted by Gasteiger charge is -2.11. The predicted octanol–water partition coefficient (Wildman–Crippen LogP) is 0.914. The number of aliphatic hydroxyl groups excluding tert-OH is 1. The molecule has 0 aliphatic carbocycles. The number of carbonyl (C=O) groups is 1. The van der Waals surface area contributed by atoms with Gasteiger partial charge in [-0.3, -0.25) is 0 Å². The molecule has 1 unspecified atom stereocenters. The Kier molecular flexibility index (Phi) is 5.03. The summed E-state index contributed by atoms with van der Waals surface area (Å²) in [5.74, 6) is 4.84. The lowest BCUT2D eigenvalue weighted by molar-refractivity contribution is -0.133. The van der Waals surface area contributed by atoms with Crippen LogP contribution in [0.2, 0.25) is 0 Å². The summed E-state index contributed by atoms with van der Waals surface area (Å²) in [7, 11) is 4.21. The zero-order valence-electron chi connectivity index (χ0n) is 10.4. The van der Waals surface area contributed by atoms with Crippen LogP contribution in [0.3, 0.4) is 0 Å². The average Bonchev–Trinajstić information content (AvgIpc) is 2.43. The van der Waals surface area contributed by atoms with Crippen LogP contribution in [-0.2, 0) is 9.53 Å². The third kappa shape index (κ3) is 3.40. The van der Waals surface area contributed by atoms with Crippen LogP contribution in [0.15, 0.2) is 18.2 Å². The highest BCUT2D eigenvalue weighted by atomic mass is 16.5. The molecule has 1 atom stereocenters. The molecule has 5 nitrogen and oxygen atoms in total. The van der Waals surface area contributed by atoms with Gasteiger partial charge in [-0.2, -0.15) is 0 Å². The van der Waals surface area contributed by atoms with E-state index in [1.807, 2.05) is 0 Å². The molecule has 0 aromatic heterocycles. The fourth-order valence-corrected chi connectivity index (χ4v) is 1.31. The highest BCUT2D eigenvalue weighted by molar-refractivity contribution is 5.88. The van der Waals surface area contributed by atoms with Crippen molar-refractivity contribution in [2.24, 2.45) is 0 Å².